The quantitative estimate of drug-likeness (QED) is 0.540. The van der Waals surface area contributed by atoms with Gasteiger partial charge in [0.1, 0.15) is 0 Å². The van der Waals surface area contributed by atoms with Crippen LogP contribution in [-0.4, -0.2) is 56.6 Å². The normalized spacial score (nSPS) is 10.9. The van der Waals surface area contributed by atoms with E-state index in [9.17, 15) is 9.59 Å². The number of hydrogen-bond acceptors (Lipinski definition) is 5. The average molecular weight is 324 g/mol. The molecule has 0 bridgehead atoms. The molecule has 7 nitrogen and oxygen atoms in total. The van der Waals surface area contributed by atoms with E-state index in [1.54, 1.807) is 14.1 Å². The monoisotopic (exact) mass is 324 g/mol. The molecule has 0 saturated carbocycles. The first kappa shape index (κ1) is 20.4. The molecule has 0 unspecified atom stereocenters. The van der Waals surface area contributed by atoms with Crippen molar-refractivity contribution in [3.63, 3.8) is 0 Å². The Kier molecular flexibility index (Phi) is 7.94. The van der Waals surface area contributed by atoms with Gasteiger partial charge in [-0.3, -0.25) is 4.79 Å². The van der Waals surface area contributed by atoms with Crippen LogP contribution in [0.15, 0.2) is 5.16 Å². The van der Waals surface area contributed by atoms with Gasteiger partial charge in [0, 0.05) is 19.5 Å². The summed E-state index contributed by atoms with van der Waals surface area (Å²) in [6.07, 6.45) is 0.816. The molecule has 21 heavy (non-hydrogen) atoms. The fourth-order valence-electron chi connectivity index (χ4n) is 1.28. The minimum Gasteiger partial charge on any atom is -1.00 e. The molecule has 1 aromatic heterocycles. The number of nitrogens with zero attached hydrogens (tertiary/aromatic N) is 4. The van der Waals surface area contributed by atoms with Crippen LogP contribution in [0.25, 0.3) is 0 Å². The van der Waals surface area contributed by atoms with E-state index in [1.807, 2.05) is 20.8 Å². The SMILES string of the molecule is CCC(C)(C)c1nc(SCC(=O)O)n(C(=O)N(C)C)n1.[H-].[Na+]. The third kappa shape index (κ3) is 5.28. The number of rotatable bonds is 5. The van der Waals surface area contributed by atoms with E-state index in [2.05, 4.69) is 10.1 Å². The standard InChI is InChI=1S/C12H20N4O3S.Na.H/c1-6-12(2,3)9-13-10(20-7-8(17)18)16(14-9)11(19)15(4)5;;/h6-7H2,1-5H3,(H,17,18);;/q;+1;-1. The van der Waals surface area contributed by atoms with E-state index in [1.165, 1.54) is 9.58 Å². The molecule has 0 saturated heterocycles. The van der Waals surface area contributed by atoms with Gasteiger partial charge in [-0.25, -0.2) is 9.78 Å². The fourth-order valence-corrected chi connectivity index (χ4v) is 1.92. The third-order valence-electron chi connectivity index (χ3n) is 2.96. The van der Waals surface area contributed by atoms with Gasteiger partial charge in [-0.1, -0.05) is 32.5 Å². The second-order valence-electron chi connectivity index (χ2n) is 5.23. The van der Waals surface area contributed by atoms with Gasteiger partial charge in [0.15, 0.2) is 11.0 Å². The minimum absolute atomic E-state index is 0. The van der Waals surface area contributed by atoms with Crippen molar-refractivity contribution < 1.29 is 45.7 Å². The molecule has 1 N–H and O–H groups in total. The molecule has 0 radical (unpaired) electrons. The van der Waals surface area contributed by atoms with E-state index in [-0.39, 0.29) is 48.2 Å². The van der Waals surface area contributed by atoms with Crippen LogP contribution in [0.2, 0.25) is 0 Å². The fraction of sp³-hybridized carbons (Fsp3) is 0.667. The number of carbonyl (C=O) groups is 2. The molecule has 1 aromatic rings. The molecular formula is C12H21N4NaO3S. The van der Waals surface area contributed by atoms with Crippen molar-refractivity contribution in [1.29, 1.82) is 0 Å². The molecule has 1 heterocycles. The molecule has 0 spiro atoms. The Balaban J connectivity index is 0. The zero-order chi connectivity index (χ0) is 15.5. The number of amides is 1. The molecule has 0 aliphatic heterocycles. The van der Waals surface area contributed by atoms with Gasteiger partial charge in [-0.2, -0.15) is 4.68 Å². The summed E-state index contributed by atoms with van der Waals surface area (Å²) in [6, 6.07) is -0.344. The zero-order valence-electron chi connectivity index (χ0n) is 14.4. The van der Waals surface area contributed by atoms with Crippen molar-refractivity contribution in [1.82, 2.24) is 19.7 Å². The van der Waals surface area contributed by atoms with Crippen molar-refractivity contribution in [3.8, 4) is 0 Å². The Morgan fingerprint density at radius 3 is 2.43 bits per heavy atom. The molecule has 0 aliphatic carbocycles. The van der Waals surface area contributed by atoms with Crippen molar-refractivity contribution in [3.05, 3.63) is 5.82 Å². The molecular weight excluding hydrogens is 303 g/mol. The minimum atomic E-state index is -0.960. The summed E-state index contributed by atoms with van der Waals surface area (Å²) in [7, 11) is 3.22. The molecule has 0 aliphatic rings. The zero-order valence-corrected chi connectivity index (χ0v) is 16.2. The first-order chi connectivity index (χ1) is 9.19. The van der Waals surface area contributed by atoms with E-state index >= 15 is 0 Å². The molecule has 0 fully saturated rings. The number of aromatic nitrogens is 3. The van der Waals surface area contributed by atoms with Gasteiger partial charge in [0.05, 0.1) is 5.75 Å². The van der Waals surface area contributed by atoms with Crippen LogP contribution in [0.1, 0.15) is 34.4 Å². The second kappa shape index (κ2) is 8.17. The Labute approximate surface area is 152 Å². The van der Waals surface area contributed by atoms with Gasteiger partial charge < -0.3 is 11.4 Å². The van der Waals surface area contributed by atoms with Crippen LogP contribution in [0.4, 0.5) is 4.79 Å². The van der Waals surface area contributed by atoms with Gasteiger partial charge in [0.2, 0.25) is 0 Å². The molecule has 0 aromatic carbocycles. The predicted molar refractivity (Wildman–Crippen MR) is 77.3 cm³/mol. The Morgan fingerprint density at radius 1 is 1.43 bits per heavy atom. The number of carboxylic acids is 1. The predicted octanol–water partition coefficient (Wildman–Crippen LogP) is -1.21. The third-order valence-corrected chi connectivity index (χ3v) is 3.87. The van der Waals surface area contributed by atoms with Crippen LogP contribution >= 0.6 is 11.8 Å². The smallest absolute Gasteiger partial charge is 1.00 e. The summed E-state index contributed by atoms with van der Waals surface area (Å²) in [5.74, 6) is -0.577. The maximum Gasteiger partial charge on any atom is 1.00 e. The Bertz CT molecular complexity index is 522. The van der Waals surface area contributed by atoms with Gasteiger partial charge in [-0.15, -0.1) is 5.10 Å². The Hall–Kier alpha value is -0.570. The number of thioether (sulfide) groups is 1. The van der Waals surface area contributed by atoms with Crippen molar-refractivity contribution in [2.75, 3.05) is 19.8 Å². The molecule has 1 amide bonds. The van der Waals surface area contributed by atoms with Gasteiger partial charge in [-0.05, 0) is 6.42 Å². The molecule has 0 atom stereocenters. The summed E-state index contributed by atoms with van der Waals surface area (Å²) in [6.45, 7) is 5.98. The number of carboxylic acid groups (broad SMARTS) is 1. The molecule has 9 heteroatoms. The van der Waals surface area contributed by atoms with E-state index in [0.717, 1.165) is 18.2 Å². The summed E-state index contributed by atoms with van der Waals surface area (Å²) in [5.41, 5.74) is -0.267. The van der Waals surface area contributed by atoms with Crippen LogP contribution < -0.4 is 29.6 Å². The summed E-state index contributed by atoms with van der Waals surface area (Å²) in [5, 5.41) is 13.3. The van der Waals surface area contributed by atoms with Crippen molar-refractivity contribution in [2.24, 2.45) is 0 Å². The largest absolute Gasteiger partial charge is 1.00 e. The number of hydrogen-bond donors (Lipinski definition) is 1. The van der Waals surface area contributed by atoms with Crippen molar-refractivity contribution >= 4 is 23.8 Å². The van der Waals surface area contributed by atoms with E-state index < -0.39 is 5.97 Å². The average Bonchev–Trinajstić information content (AvgIpc) is 2.79. The van der Waals surface area contributed by atoms with E-state index in [0.29, 0.717) is 11.0 Å². The second-order valence-corrected chi connectivity index (χ2v) is 6.17. The summed E-state index contributed by atoms with van der Waals surface area (Å²) >= 11 is 0.991. The summed E-state index contributed by atoms with van der Waals surface area (Å²) < 4.78 is 1.17. The van der Waals surface area contributed by atoms with Crippen LogP contribution in [0, 0.1) is 0 Å². The maximum atomic E-state index is 12.1. The van der Waals surface area contributed by atoms with Crippen LogP contribution in [0.3, 0.4) is 0 Å². The van der Waals surface area contributed by atoms with E-state index in [4.69, 9.17) is 5.11 Å². The maximum absolute atomic E-state index is 12.1. The number of aliphatic carboxylic acids is 1. The van der Waals surface area contributed by atoms with Gasteiger partial charge >= 0.3 is 41.6 Å². The first-order valence-corrected chi connectivity index (χ1v) is 7.21. The molecule has 114 valence electrons. The first-order valence-electron chi connectivity index (χ1n) is 6.22. The number of carbonyl (C=O) groups excluding carboxylic acids is 1. The van der Waals surface area contributed by atoms with Crippen LogP contribution in [0.5, 0.6) is 0 Å². The van der Waals surface area contributed by atoms with Crippen LogP contribution in [-0.2, 0) is 10.2 Å². The van der Waals surface area contributed by atoms with Crippen molar-refractivity contribution in [2.45, 2.75) is 37.8 Å². The van der Waals surface area contributed by atoms with Gasteiger partial charge in [0.25, 0.3) is 0 Å². The summed E-state index contributed by atoms with van der Waals surface area (Å²) in [4.78, 5) is 28.4. The molecule has 1 rings (SSSR count). The Morgan fingerprint density at radius 2 is 2.00 bits per heavy atom. The topological polar surface area (TPSA) is 88.3 Å².